The zero-order valence-corrected chi connectivity index (χ0v) is 10.0. The van der Waals surface area contributed by atoms with E-state index in [0.29, 0.717) is 0 Å². The summed E-state index contributed by atoms with van der Waals surface area (Å²) in [6.45, 7) is 5.84. The first kappa shape index (κ1) is 9.93. The van der Waals surface area contributed by atoms with Gasteiger partial charge in [-0.05, 0) is 41.9 Å². The highest BCUT2D eigenvalue weighted by molar-refractivity contribution is 9.10. The predicted molar refractivity (Wildman–Crippen MR) is 61.5 cm³/mol. The number of nitrogens with zero attached hydrogens (tertiary/aromatic N) is 2. The van der Waals surface area contributed by atoms with Crippen molar-refractivity contribution < 1.29 is 0 Å². The van der Waals surface area contributed by atoms with Crippen molar-refractivity contribution in [1.82, 2.24) is 4.98 Å². The van der Waals surface area contributed by atoms with E-state index in [2.05, 4.69) is 32.7 Å². The van der Waals surface area contributed by atoms with Crippen LogP contribution >= 0.6 is 15.9 Å². The molecule has 0 saturated carbocycles. The summed E-state index contributed by atoms with van der Waals surface area (Å²) in [6.07, 6.45) is 0. The molecule has 3 nitrogen and oxygen atoms in total. The summed E-state index contributed by atoms with van der Waals surface area (Å²) >= 11 is 3.44. The van der Waals surface area contributed by atoms with Gasteiger partial charge in [0.05, 0.1) is 5.69 Å². The molecule has 0 aromatic carbocycles. The molecule has 0 aliphatic carbocycles. The first-order valence-electron chi connectivity index (χ1n) is 4.65. The van der Waals surface area contributed by atoms with Crippen LogP contribution in [-0.2, 0) is 0 Å². The lowest BCUT2D eigenvalue weighted by molar-refractivity contribution is 0.362. The predicted octanol–water partition coefficient (Wildman–Crippen LogP) is 1.69. The number of halogens is 1. The molecule has 1 fully saturated rings. The van der Waals surface area contributed by atoms with E-state index in [1.165, 1.54) is 0 Å². The minimum atomic E-state index is -0.0390. The highest BCUT2D eigenvalue weighted by Gasteiger charge is 2.35. The zero-order valence-electron chi connectivity index (χ0n) is 8.42. The Bertz CT molecular complexity index is 354. The van der Waals surface area contributed by atoms with Gasteiger partial charge >= 0.3 is 0 Å². The van der Waals surface area contributed by atoms with Gasteiger partial charge in [-0.2, -0.15) is 0 Å². The van der Waals surface area contributed by atoms with Crippen molar-refractivity contribution in [2.45, 2.75) is 19.4 Å². The van der Waals surface area contributed by atoms with Gasteiger partial charge in [-0.25, -0.2) is 4.98 Å². The van der Waals surface area contributed by atoms with Crippen LogP contribution in [-0.4, -0.2) is 23.6 Å². The number of aromatic nitrogens is 1. The normalized spacial score (nSPS) is 19.3. The Hall–Kier alpha value is -0.610. The average molecular weight is 256 g/mol. The van der Waals surface area contributed by atoms with Gasteiger partial charge in [0.15, 0.2) is 0 Å². The van der Waals surface area contributed by atoms with Gasteiger partial charge in [-0.3, -0.25) is 0 Å². The van der Waals surface area contributed by atoms with Crippen molar-refractivity contribution in [1.29, 1.82) is 0 Å². The Morgan fingerprint density at radius 3 is 2.64 bits per heavy atom. The second-order valence-corrected chi connectivity index (χ2v) is 5.10. The van der Waals surface area contributed by atoms with Crippen LogP contribution in [0.25, 0.3) is 0 Å². The number of aryl methyl sites for hydroxylation is 1. The summed E-state index contributed by atoms with van der Waals surface area (Å²) in [7, 11) is 0. The standard InChI is InChI=1S/C10H14BrN3/c1-7-8(11)3-4-9(13-7)14-5-10(2,12)6-14/h3-4H,5-6,12H2,1-2H3. The Kier molecular flexibility index (Phi) is 2.27. The van der Waals surface area contributed by atoms with Crippen LogP contribution in [0.2, 0.25) is 0 Å². The summed E-state index contributed by atoms with van der Waals surface area (Å²) in [5.41, 5.74) is 6.92. The molecular weight excluding hydrogens is 242 g/mol. The monoisotopic (exact) mass is 255 g/mol. The Morgan fingerprint density at radius 2 is 2.14 bits per heavy atom. The highest BCUT2D eigenvalue weighted by atomic mass is 79.9. The zero-order chi connectivity index (χ0) is 10.3. The molecule has 2 heterocycles. The Labute approximate surface area is 92.4 Å². The van der Waals surface area contributed by atoms with Gasteiger partial charge in [-0.1, -0.05) is 0 Å². The fourth-order valence-electron chi connectivity index (χ4n) is 1.69. The third-order valence-electron chi connectivity index (χ3n) is 2.43. The maximum absolute atomic E-state index is 5.94. The number of pyridine rings is 1. The van der Waals surface area contributed by atoms with Gasteiger partial charge in [0.1, 0.15) is 5.82 Å². The smallest absolute Gasteiger partial charge is 0.129 e. The molecular formula is C10H14BrN3. The maximum atomic E-state index is 5.94. The molecule has 0 amide bonds. The summed E-state index contributed by atoms with van der Waals surface area (Å²) in [4.78, 5) is 6.68. The molecule has 1 aliphatic rings. The van der Waals surface area contributed by atoms with Gasteiger partial charge in [0.25, 0.3) is 0 Å². The number of nitrogens with two attached hydrogens (primary N) is 1. The number of hydrogen-bond donors (Lipinski definition) is 1. The minimum absolute atomic E-state index is 0.0390. The van der Waals surface area contributed by atoms with E-state index in [1.54, 1.807) is 0 Å². The van der Waals surface area contributed by atoms with E-state index in [9.17, 15) is 0 Å². The molecule has 76 valence electrons. The first-order chi connectivity index (χ1) is 6.48. The molecule has 0 bridgehead atoms. The number of anilines is 1. The van der Waals surface area contributed by atoms with Crippen LogP contribution < -0.4 is 10.6 Å². The van der Waals surface area contributed by atoms with E-state index < -0.39 is 0 Å². The first-order valence-corrected chi connectivity index (χ1v) is 5.44. The quantitative estimate of drug-likeness (QED) is 0.831. The largest absolute Gasteiger partial charge is 0.353 e. The third kappa shape index (κ3) is 1.77. The number of rotatable bonds is 1. The Morgan fingerprint density at radius 1 is 1.50 bits per heavy atom. The summed E-state index contributed by atoms with van der Waals surface area (Å²) < 4.78 is 1.05. The van der Waals surface area contributed by atoms with Crippen molar-refractivity contribution in [2.75, 3.05) is 18.0 Å². The SMILES string of the molecule is Cc1nc(N2CC(C)(N)C2)ccc1Br. The molecule has 0 spiro atoms. The van der Waals surface area contributed by atoms with Crippen LogP contribution in [0, 0.1) is 6.92 Å². The molecule has 0 radical (unpaired) electrons. The van der Waals surface area contributed by atoms with E-state index in [1.807, 2.05) is 19.1 Å². The fourth-order valence-corrected chi connectivity index (χ4v) is 1.92. The van der Waals surface area contributed by atoms with E-state index in [0.717, 1.165) is 29.1 Å². The lowest BCUT2D eigenvalue weighted by Crippen LogP contribution is -2.65. The van der Waals surface area contributed by atoms with Crippen molar-refractivity contribution in [3.05, 3.63) is 22.3 Å². The lowest BCUT2D eigenvalue weighted by Gasteiger charge is -2.46. The molecule has 0 unspecified atom stereocenters. The summed E-state index contributed by atoms with van der Waals surface area (Å²) in [5, 5.41) is 0. The minimum Gasteiger partial charge on any atom is -0.353 e. The molecule has 1 aromatic rings. The maximum Gasteiger partial charge on any atom is 0.129 e. The van der Waals surface area contributed by atoms with E-state index >= 15 is 0 Å². The van der Waals surface area contributed by atoms with Crippen molar-refractivity contribution in [3.63, 3.8) is 0 Å². The van der Waals surface area contributed by atoms with Gasteiger partial charge in [-0.15, -0.1) is 0 Å². The fraction of sp³-hybridized carbons (Fsp3) is 0.500. The summed E-state index contributed by atoms with van der Waals surface area (Å²) in [6, 6.07) is 4.05. The van der Waals surface area contributed by atoms with Crippen LogP contribution in [0.3, 0.4) is 0 Å². The second kappa shape index (κ2) is 3.21. The number of hydrogen-bond acceptors (Lipinski definition) is 3. The van der Waals surface area contributed by atoms with E-state index in [4.69, 9.17) is 5.73 Å². The van der Waals surface area contributed by atoms with E-state index in [-0.39, 0.29) is 5.54 Å². The van der Waals surface area contributed by atoms with Crippen LogP contribution in [0.4, 0.5) is 5.82 Å². The van der Waals surface area contributed by atoms with Gasteiger partial charge in [0, 0.05) is 23.1 Å². The lowest BCUT2D eigenvalue weighted by atomic mass is 9.94. The molecule has 1 aliphatic heterocycles. The van der Waals surface area contributed by atoms with Crippen molar-refractivity contribution in [2.24, 2.45) is 5.73 Å². The van der Waals surface area contributed by atoms with Crippen LogP contribution in [0.15, 0.2) is 16.6 Å². The highest BCUT2D eigenvalue weighted by Crippen LogP contribution is 2.26. The third-order valence-corrected chi connectivity index (χ3v) is 3.27. The van der Waals surface area contributed by atoms with Gasteiger partial charge < -0.3 is 10.6 Å². The molecule has 2 N–H and O–H groups in total. The second-order valence-electron chi connectivity index (χ2n) is 4.25. The van der Waals surface area contributed by atoms with Crippen molar-refractivity contribution in [3.8, 4) is 0 Å². The molecule has 2 rings (SSSR count). The molecule has 1 aromatic heterocycles. The van der Waals surface area contributed by atoms with Crippen LogP contribution in [0.5, 0.6) is 0 Å². The van der Waals surface area contributed by atoms with Crippen LogP contribution in [0.1, 0.15) is 12.6 Å². The molecule has 14 heavy (non-hydrogen) atoms. The van der Waals surface area contributed by atoms with Gasteiger partial charge in [0.2, 0.25) is 0 Å². The Balaban J connectivity index is 2.16. The average Bonchev–Trinajstić information content (AvgIpc) is 2.06. The molecule has 1 saturated heterocycles. The summed E-state index contributed by atoms with van der Waals surface area (Å²) in [5.74, 6) is 1.02. The van der Waals surface area contributed by atoms with Crippen molar-refractivity contribution >= 4 is 21.7 Å². The topological polar surface area (TPSA) is 42.2 Å². The molecule has 0 atom stereocenters. The molecule has 4 heteroatoms.